The van der Waals surface area contributed by atoms with Crippen LogP contribution in [0.4, 0.5) is 5.13 Å². The van der Waals surface area contributed by atoms with Gasteiger partial charge >= 0.3 is 0 Å². The van der Waals surface area contributed by atoms with Crippen molar-refractivity contribution in [3.05, 3.63) is 23.2 Å². The number of anilines is 1. The lowest BCUT2D eigenvalue weighted by Crippen LogP contribution is -2.29. The molecular weight excluding hydrogens is 288 g/mol. The van der Waals surface area contributed by atoms with E-state index in [9.17, 15) is 0 Å². The number of nitrogens with one attached hydrogen (secondary N) is 1. The first kappa shape index (κ1) is 12.9. The SMILES string of the molecule is CC(Nc1nc2ccc(Cl)cc2s1)C1CC2CCC1C2. The maximum atomic E-state index is 6.04. The van der Waals surface area contributed by atoms with Gasteiger partial charge in [-0.1, -0.05) is 29.4 Å². The largest absolute Gasteiger partial charge is 0.359 e. The Labute approximate surface area is 128 Å². The van der Waals surface area contributed by atoms with Crippen molar-refractivity contribution in [2.24, 2.45) is 17.8 Å². The van der Waals surface area contributed by atoms with Crippen molar-refractivity contribution in [3.63, 3.8) is 0 Å². The second kappa shape index (κ2) is 4.88. The predicted molar refractivity (Wildman–Crippen MR) is 86.7 cm³/mol. The first-order valence-electron chi connectivity index (χ1n) is 7.51. The third-order valence-corrected chi connectivity index (χ3v) is 6.32. The minimum atomic E-state index is 0.529. The number of halogens is 1. The lowest BCUT2D eigenvalue weighted by atomic mass is 9.84. The molecular formula is C16H19ClN2S. The van der Waals surface area contributed by atoms with E-state index in [2.05, 4.69) is 17.2 Å². The van der Waals surface area contributed by atoms with E-state index in [1.807, 2.05) is 18.2 Å². The summed E-state index contributed by atoms with van der Waals surface area (Å²) < 4.78 is 1.17. The molecule has 4 heteroatoms. The van der Waals surface area contributed by atoms with E-state index in [0.717, 1.165) is 33.4 Å². The van der Waals surface area contributed by atoms with Gasteiger partial charge in [-0.15, -0.1) is 0 Å². The molecule has 2 nitrogen and oxygen atoms in total. The summed E-state index contributed by atoms with van der Waals surface area (Å²) in [5.41, 5.74) is 1.04. The summed E-state index contributed by atoms with van der Waals surface area (Å²) in [6.45, 7) is 2.32. The molecule has 0 saturated heterocycles. The third kappa shape index (κ3) is 2.21. The fraction of sp³-hybridized carbons (Fsp3) is 0.562. The summed E-state index contributed by atoms with van der Waals surface area (Å²) in [6.07, 6.45) is 5.78. The topological polar surface area (TPSA) is 24.9 Å². The van der Waals surface area contributed by atoms with Crippen LogP contribution in [0.25, 0.3) is 10.2 Å². The highest BCUT2D eigenvalue weighted by atomic mass is 35.5. The molecule has 2 fully saturated rings. The zero-order valence-electron chi connectivity index (χ0n) is 11.6. The van der Waals surface area contributed by atoms with Gasteiger partial charge in [0.2, 0.25) is 0 Å². The summed E-state index contributed by atoms with van der Waals surface area (Å²) in [6, 6.07) is 6.44. The van der Waals surface area contributed by atoms with E-state index in [-0.39, 0.29) is 0 Å². The molecule has 0 radical (unpaired) electrons. The molecule has 1 aromatic carbocycles. The van der Waals surface area contributed by atoms with Gasteiger partial charge in [-0.2, -0.15) is 0 Å². The molecule has 0 amide bonds. The van der Waals surface area contributed by atoms with Crippen molar-refractivity contribution in [1.29, 1.82) is 0 Å². The Bertz CT molecular complexity index is 638. The van der Waals surface area contributed by atoms with Crippen LogP contribution in [0.2, 0.25) is 5.02 Å². The van der Waals surface area contributed by atoms with Gasteiger partial charge in [0, 0.05) is 11.1 Å². The third-order valence-electron chi connectivity index (χ3n) is 5.14. The van der Waals surface area contributed by atoms with Crippen molar-refractivity contribution in [3.8, 4) is 0 Å². The van der Waals surface area contributed by atoms with Crippen molar-refractivity contribution in [2.45, 2.75) is 38.6 Å². The second-order valence-corrected chi connectivity index (χ2v) is 7.87. The van der Waals surface area contributed by atoms with Gasteiger partial charge in [0.25, 0.3) is 0 Å². The Morgan fingerprint density at radius 3 is 3.00 bits per heavy atom. The average Bonchev–Trinajstić information content (AvgIpc) is 3.11. The van der Waals surface area contributed by atoms with E-state index >= 15 is 0 Å². The highest BCUT2D eigenvalue weighted by Crippen LogP contribution is 2.50. The van der Waals surface area contributed by atoms with E-state index in [0.29, 0.717) is 6.04 Å². The van der Waals surface area contributed by atoms with Crippen molar-refractivity contribution >= 4 is 38.3 Å². The zero-order valence-corrected chi connectivity index (χ0v) is 13.2. The van der Waals surface area contributed by atoms with Crippen LogP contribution >= 0.6 is 22.9 Å². The van der Waals surface area contributed by atoms with Crippen LogP contribution < -0.4 is 5.32 Å². The van der Waals surface area contributed by atoms with E-state index < -0.39 is 0 Å². The molecule has 2 bridgehead atoms. The summed E-state index contributed by atoms with van der Waals surface area (Å²) in [4.78, 5) is 4.68. The molecule has 2 aliphatic carbocycles. The van der Waals surface area contributed by atoms with Crippen LogP contribution in [-0.2, 0) is 0 Å². The van der Waals surface area contributed by atoms with Crippen LogP contribution in [0.15, 0.2) is 18.2 Å². The lowest BCUT2D eigenvalue weighted by Gasteiger charge is -2.28. The number of nitrogens with zero attached hydrogens (tertiary/aromatic N) is 1. The quantitative estimate of drug-likeness (QED) is 0.844. The second-order valence-electron chi connectivity index (χ2n) is 6.40. The summed E-state index contributed by atoms with van der Waals surface area (Å²) in [7, 11) is 0. The van der Waals surface area contributed by atoms with Gasteiger partial charge in [-0.3, -0.25) is 0 Å². The monoisotopic (exact) mass is 306 g/mol. The van der Waals surface area contributed by atoms with Gasteiger partial charge in [0.1, 0.15) is 0 Å². The number of fused-ring (bicyclic) bond motifs is 3. The van der Waals surface area contributed by atoms with Crippen LogP contribution in [0, 0.1) is 17.8 Å². The van der Waals surface area contributed by atoms with Gasteiger partial charge in [-0.25, -0.2) is 4.98 Å². The normalized spacial score (nSPS) is 30.0. The number of hydrogen-bond acceptors (Lipinski definition) is 3. The number of benzene rings is 1. The molecule has 106 valence electrons. The highest BCUT2D eigenvalue weighted by molar-refractivity contribution is 7.22. The van der Waals surface area contributed by atoms with E-state index in [1.54, 1.807) is 11.3 Å². The van der Waals surface area contributed by atoms with Gasteiger partial charge in [0.05, 0.1) is 10.2 Å². The molecule has 1 N–H and O–H groups in total. The van der Waals surface area contributed by atoms with Crippen LogP contribution in [0.5, 0.6) is 0 Å². The molecule has 1 aromatic heterocycles. The molecule has 2 saturated carbocycles. The number of thiazole rings is 1. The molecule has 0 aliphatic heterocycles. The minimum absolute atomic E-state index is 0.529. The molecule has 1 heterocycles. The average molecular weight is 307 g/mol. The number of rotatable bonds is 3. The maximum Gasteiger partial charge on any atom is 0.184 e. The Morgan fingerprint density at radius 2 is 2.25 bits per heavy atom. The summed E-state index contributed by atoms with van der Waals surface area (Å²) in [5, 5.41) is 5.47. The molecule has 2 aromatic rings. The molecule has 0 spiro atoms. The standard InChI is InChI=1S/C16H19ClN2S/c1-9(13-7-10-2-3-11(13)6-10)18-16-19-14-5-4-12(17)8-15(14)20-16/h4-5,8-11,13H,2-3,6-7H2,1H3,(H,18,19). The minimum Gasteiger partial charge on any atom is -0.359 e. The van der Waals surface area contributed by atoms with Crippen molar-refractivity contribution < 1.29 is 0 Å². The number of aromatic nitrogens is 1. The Morgan fingerprint density at radius 1 is 1.35 bits per heavy atom. The highest BCUT2D eigenvalue weighted by Gasteiger charge is 2.41. The fourth-order valence-electron chi connectivity index (χ4n) is 4.17. The lowest BCUT2D eigenvalue weighted by molar-refractivity contribution is 0.304. The maximum absolute atomic E-state index is 6.04. The Kier molecular flexibility index (Phi) is 3.15. The predicted octanol–water partition coefficient (Wildman–Crippen LogP) is 5.19. The smallest absolute Gasteiger partial charge is 0.184 e. The molecule has 4 atom stereocenters. The van der Waals surface area contributed by atoms with Crippen LogP contribution in [0.3, 0.4) is 0 Å². The molecule has 4 rings (SSSR count). The Hall–Kier alpha value is -0.800. The van der Waals surface area contributed by atoms with Gasteiger partial charge in [-0.05, 0) is 62.1 Å². The summed E-state index contributed by atoms with van der Waals surface area (Å²) in [5.74, 6) is 2.79. The van der Waals surface area contributed by atoms with Crippen LogP contribution in [0.1, 0.15) is 32.6 Å². The van der Waals surface area contributed by atoms with Gasteiger partial charge in [0.15, 0.2) is 5.13 Å². The molecule has 4 unspecified atom stereocenters. The van der Waals surface area contributed by atoms with Crippen molar-refractivity contribution in [2.75, 3.05) is 5.32 Å². The van der Waals surface area contributed by atoms with Crippen LogP contribution in [-0.4, -0.2) is 11.0 Å². The fourth-order valence-corrected chi connectivity index (χ4v) is 5.41. The number of hydrogen-bond donors (Lipinski definition) is 1. The Balaban J connectivity index is 1.52. The first-order chi connectivity index (χ1) is 9.69. The molecule has 20 heavy (non-hydrogen) atoms. The molecule has 2 aliphatic rings. The first-order valence-corrected chi connectivity index (χ1v) is 8.71. The van der Waals surface area contributed by atoms with E-state index in [4.69, 9.17) is 11.6 Å². The van der Waals surface area contributed by atoms with E-state index in [1.165, 1.54) is 30.4 Å². The zero-order chi connectivity index (χ0) is 13.7. The van der Waals surface area contributed by atoms with Crippen molar-refractivity contribution in [1.82, 2.24) is 4.98 Å². The summed E-state index contributed by atoms with van der Waals surface area (Å²) >= 11 is 7.75. The van der Waals surface area contributed by atoms with Gasteiger partial charge < -0.3 is 5.32 Å².